The van der Waals surface area contributed by atoms with E-state index in [9.17, 15) is 0 Å². The van der Waals surface area contributed by atoms with Crippen LogP contribution in [-0.4, -0.2) is 21.1 Å². The van der Waals surface area contributed by atoms with E-state index in [1.165, 1.54) is 25.7 Å². The molecule has 0 aliphatic heterocycles. The minimum atomic E-state index is 0.0389. The number of unbranched alkanes of at least 4 members (excludes halogenated alkanes) is 1. The van der Waals surface area contributed by atoms with Gasteiger partial charge in [-0.25, -0.2) is 0 Å². The van der Waals surface area contributed by atoms with Crippen molar-refractivity contribution >= 4 is 21.1 Å². The maximum absolute atomic E-state index is 2.34. The molecule has 0 aromatic rings. The molecule has 0 bridgehead atoms. The molecule has 0 aliphatic rings. The fourth-order valence-electron chi connectivity index (χ4n) is 1.42. The summed E-state index contributed by atoms with van der Waals surface area (Å²) in [6.45, 7) is 16.2. The van der Waals surface area contributed by atoms with Crippen LogP contribution in [0.1, 0.15) is 74.1 Å². The molecule has 2 radical (unpaired) electrons. The quantitative estimate of drug-likeness (QED) is 0.562. The van der Waals surface area contributed by atoms with Gasteiger partial charge in [-0.05, 0) is 5.92 Å². The van der Waals surface area contributed by atoms with Crippen molar-refractivity contribution in [2.45, 2.75) is 82.0 Å². The summed E-state index contributed by atoms with van der Waals surface area (Å²) in [5, 5.41) is 0. The first kappa shape index (κ1) is 18.2. The van der Waals surface area contributed by atoms with Crippen molar-refractivity contribution in [1.29, 1.82) is 0 Å². The Hall–Kier alpha value is 0.799. The molecule has 0 spiro atoms. The predicted octanol–water partition coefficient (Wildman–Crippen LogP) is 5.57. The second-order valence-corrected chi connectivity index (χ2v) is 12.7. The van der Waals surface area contributed by atoms with E-state index in [1.54, 1.807) is 0 Å². The summed E-state index contributed by atoms with van der Waals surface area (Å²) in [5.74, 6) is 0.954. The van der Waals surface area contributed by atoms with Crippen molar-refractivity contribution in [3.63, 3.8) is 0 Å². The summed E-state index contributed by atoms with van der Waals surface area (Å²) in [7, 11) is 0. The molecule has 0 aromatic heterocycles. The first-order valence-corrected chi connectivity index (χ1v) is 9.99. The topological polar surface area (TPSA) is 0 Å². The maximum atomic E-state index is 2.34. The third-order valence-electron chi connectivity index (χ3n) is 2.41. The van der Waals surface area contributed by atoms with Gasteiger partial charge in [0.05, 0.1) is 0 Å². The fourth-order valence-corrected chi connectivity index (χ4v) is 5.23. The molecule has 0 heterocycles. The SMILES string of the molecule is CCCCC(C)CC.C[CH](C)[Sn][CH](C)C. The average Bonchev–Trinajstić information content (AvgIpc) is 2.12. The van der Waals surface area contributed by atoms with Crippen molar-refractivity contribution in [3.8, 4) is 0 Å². The molecule has 0 N–H and O–H groups in total. The van der Waals surface area contributed by atoms with Crippen molar-refractivity contribution in [1.82, 2.24) is 0 Å². The molecule has 15 heavy (non-hydrogen) atoms. The molecular weight excluding hydrogens is 287 g/mol. The Labute approximate surface area is 109 Å². The molecule has 1 heteroatoms. The van der Waals surface area contributed by atoms with Gasteiger partial charge in [0, 0.05) is 0 Å². The standard InChI is InChI=1S/C8H18.2C3H7.Sn/c1-4-6-7-8(3)5-2;2*1-3-2;/h8H,4-7H2,1-3H3;2*3H,1-2H3;. The summed E-state index contributed by atoms with van der Waals surface area (Å²) in [5.41, 5.74) is 0. The molecule has 92 valence electrons. The van der Waals surface area contributed by atoms with Crippen LogP contribution in [0.5, 0.6) is 0 Å². The first-order chi connectivity index (χ1) is 6.93. The Morgan fingerprint density at radius 3 is 1.53 bits per heavy atom. The van der Waals surface area contributed by atoms with Gasteiger partial charge < -0.3 is 0 Å². The van der Waals surface area contributed by atoms with Crippen LogP contribution in [0, 0.1) is 5.92 Å². The van der Waals surface area contributed by atoms with E-state index in [0.717, 1.165) is 13.8 Å². The van der Waals surface area contributed by atoms with Crippen LogP contribution in [0.2, 0.25) is 7.87 Å². The molecule has 1 unspecified atom stereocenters. The van der Waals surface area contributed by atoms with E-state index in [0.29, 0.717) is 0 Å². The van der Waals surface area contributed by atoms with E-state index in [4.69, 9.17) is 0 Å². The van der Waals surface area contributed by atoms with Crippen LogP contribution < -0.4 is 0 Å². The molecule has 0 nitrogen and oxygen atoms in total. The van der Waals surface area contributed by atoms with Gasteiger partial charge in [0.25, 0.3) is 0 Å². The van der Waals surface area contributed by atoms with Crippen LogP contribution in [0.3, 0.4) is 0 Å². The van der Waals surface area contributed by atoms with Crippen molar-refractivity contribution in [3.05, 3.63) is 0 Å². The van der Waals surface area contributed by atoms with E-state index in [-0.39, 0.29) is 21.1 Å². The molecule has 0 aliphatic carbocycles. The molecule has 0 saturated carbocycles. The third kappa shape index (κ3) is 20.8. The van der Waals surface area contributed by atoms with Crippen LogP contribution in [0.25, 0.3) is 0 Å². The van der Waals surface area contributed by atoms with E-state index in [1.807, 2.05) is 0 Å². The van der Waals surface area contributed by atoms with E-state index >= 15 is 0 Å². The van der Waals surface area contributed by atoms with Crippen LogP contribution >= 0.6 is 0 Å². The minimum absolute atomic E-state index is 0.0389. The fraction of sp³-hybridized carbons (Fsp3) is 1.00. The van der Waals surface area contributed by atoms with Gasteiger partial charge in [-0.3, -0.25) is 0 Å². The first-order valence-electron chi connectivity index (χ1n) is 6.69. The predicted molar refractivity (Wildman–Crippen MR) is 74.9 cm³/mol. The van der Waals surface area contributed by atoms with Crippen molar-refractivity contribution in [2.75, 3.05) is 0 Å². The number of hydrogen-bond acceptors (Lipinski definition) is 0. The van der Waals surface area contributed by atoms with E-state index < -0.39 is 0 Å². The van der Waals surface area contributed by atoms with Crippen LogP contribution in [0.15, 0.2) is 0 Å². The van der Waals surface area contributed by atoms with Crippen molar-refractivity contribution < 1.29 is 0 Å². The Kier molecular flexibility index (Phi) is 15.6. The van der Waals surface area contributed by atoms with Gasteiger partial charge in [0.2, 0.25) is 0 Å². The van der Waals surface area contributed by atoms with Gasteiger partial charge in [0.1, 0.15) is 0 Å². The number of hydrogen-bond donors (Lipinski definition) is 0. The summed E-state index contributed by atoms with van der Waals surface area (Å²) in [6.07, 6.45) is 5.53. The Morgan fingerprint density at radius 2 is 1.33 bits per heavy atom. The molecule has 1 atom stereocenters. The average molecular weight is 319 g/mol. The Balaban J connectivity index is 0. The van der Waals surface area contributed by atoms with Crippen LogP contribution in [-0.2, 0) is 0 Å². The second-order valence-electron chi connectivity index (χ2n) is 5.13. The van der Waals surface area contributed by atoms with Crippen molar-refractivity contribution in [2.24, 2.45) is 5.92 Å². The second kappa shape index (κ2) is 12.9. The Morgan fingerprint density at radius 1 is 0.867 bits per heavy atom. The van der Waals surface area contributed by atoms with E-state index in [2.05, 4.69) is 48.5 Å². The summed E-state index contributed by atoms with van der Waals surface area (Å²) in [6, 6.07) is 0. The third-order valence-corrected chi connectivity index (χ3v) is 6.22. The zero-order chi connectivity index (χ0) is 12.3. The molecule has 0 rings (SSSR count). The summed E-state index contributed by atoms with van der Waals surface area (Å²) < 4.78 is 2.09. The van der Waals surface area contributed by atoms with Gasteiger partial charge in [-0.2, -0.15) is 0 Å². The van der Waals surface area contributed by atoms with Gasteiger partial charge in [-0.1, -0.05) is 46.5 Å². The normalized spacial score (nSPS) is 12.6. The monoisotopic (exact) mass is 320 g/mol. The summed E-state index contributed by atoms with van der Waals surface area (Å²) in [4.78, 5) is 0. The zero-order valence-electron chi connectivity index (χ0n) is 12.1. The van der Waals surface area contributed by atoms with Gasteiger partial charge in [0.15, 0.2) is 0 Å². The molecular formula is C14H32Sn. The van der Waals surface area contributed by atoms with Gasteiger partial charge in [-0.15, -0.1) is 0 Å². The number of rotatable bonds is 6. The van der Waals surface area contributed by atoms with Crippen LogP contribution in [0.4, 0.5) is 0 Å². The molecule has 0 aromatic carbocycles. The molecule has 0 amide bonds. The zero-order valence-corrected chi connectivity index (χ0v) is 14.9. The Bertz CT molecular complexity index is 102. The summed E-state index contributed by atoms with van der Waals surface area (Å²) >= 11 is 0.0389. The molecule has 0 saturated heterocycles. The molecule has 0 fully saturated rings. The van der Waals surface area contributed by atoms with Gasteiger partial charge >= 0.3 is 56.7 Å².